The number of fused-ring (bicyclic) bond motifs is 1. The molecule has 0 saturated carbocycles. The Labute approximate surface area is 174 Å². The van der Waals surface area contributed by atoms with Gasteiger partial charge in [0.1, 0.15) is 11.1 Å². The number of halogens is 1. The number of phenols is 1. The number of carbonyl (C=O) groups excluding carboxylic acids is 1. The molecule has 2 aromatic heterocycles. The molecule has 0 bridgehead atoms. The molecule has 1 N–H and O–H groups in total. The van der Waals surface area contributed by atoms with Gasteiger partial charge in [-0.15, -0.1) is 0 Å². The number of nitrogens with zero attached hydrogens (tertiary/aromatic N) is 2. The molecule has 28 heavy (non-hydrogen) atoms. The lowest BCUT2D eigenvalue weighted by atomic mass is 10.1. The Morgan fingerprint density at radius 3 is 2.82 bits per heavy atom. The first-order valence-corrected chi connectivity index (χ1v) is 10.1. The van der Waals surface area contributed by atoms with Crippen LogP contribution in [0.15, 0.2) is 69.4 Å². The SMILES string of the molecule is CC(Oc1cc(/C=C2\Sc3ncccc3C2=O)c(Br)cc1O)c1cccnc1. The smallest absolute Gasteiger partial charge is 0.202 e. The number of hydrogen-bond donors (Lipinski definition) is 1. The third kappa shape index (κ3) is 3.68. The molecule has 5 nitrogen and oxygen atoms in total. The van der Waals surface area contributed by atoms with E-state index in [1.54, 1.807) is 48.9 Å². The molecule has 3 heterocycles. The molecule has 1 aliphatic rings. The summed E-state index contributed by atoms with van der Waals surface area (Å²) < 4.78 is 6.60. The summed E-state index contributed by atoms with van der Waals surface area (Å²) >= 11 is 4.79. The summed E-state index contributed by atoms with van der Waals surface area (Å²) in [5.74, 6) is 0.289. The molecule has 3 aromatic rings. The minimum atomic E-state index is -0.294. The van der Waals surface area contributed by atoms with Gasteiger partial charge in [-0.05, 0) is 48.9 Å². The van der Waals surface area contributed by atoms with Crippen molar-refractivity contribution in [3.8, 4) is 11.5 Å². The van der Waals surface area contributed by atoms with E-state index in [9.17, 15) is 9.90 Å². The third-order valence-electron chi connectivity index (χ3n) is 4.27. The van der Waals surface area contributed by atoms with E-state index in [2.05, 4.69) is 25.9 Å². The van der Waals surface area contributed by atoms with Crippen molar-refractivity contribution in [2.24, 2.45) is 0 Å². The topological polar surface area (TPSA) is 72.3 Å². The molecule has 7 heteroatoms. The van der Waals surface area contributed by atoms with Crippen LogP contribution in [0.25, 0.3) is 6.08 Å². The van der Waals surface area contributed by atoms with Crippen molar-refractivity contribution in [2.45, 2.75) is 18.1 Å². The number of ether oxygens (including phenoxy) is 1. The molecule has 0 aliphatic carbocycles. The van der Waals surface area contributed by atoms with E-state index in [4.69, 9.17) is 4.74 Å². The van der Waals surface area contributed by atoms with Crippen molar-refractivity contribution in [3.63, 3.8) is 0 Å². The number of aromatic nitrogens is 2. The number of carbonyl (C=O) groups is 1. The predicted octanol–water partition coefficient (Wildman–Crippen LogP) is 5.41. The number of phenolic OH excluding ortho intramolecular Hbond substituents is 1. The molecule has 0 saturated heterocycles. The molecule has 1 atom stereocenters. The first kappa shape index (κ1) is 18.7. The number of pyridine rings is 2. The normalized spacial score (nSPS) is 15.5. The Morgan fingerprint density at radius 1 is 1.25 bits per heavy atom. The fraction of sp³-hybridized carbons (Fsp3) is 0.0952. The molecule has 0 radical (unpaired) electrons. The molecule has 4 rings (SSSR count). The number of rotatable bonds is 4. The van der Waals surface area contributed by atoms with E-state index in [0.717, 1.165) is 11.1 Å². The molecule has 1 unspecified atom stereocenters. The summed E-state index contributed by atoms with van der Waals surface area (Å²) in [6.07, 6.45) is 6.57. The highest BCUT2D eigenvalue weighted by molar-refractivity contribution is 9.10. The summed E-state index contributed by atoms with van der Waals surface area (Å²) in [6, 6.07) is 10.5. The number of benzene rings is 1. The monoisotopic (exact) mass is 454 g/mol. The van der Waals surface area contributed by atoms with E-state index < -0.39 is 0 Å². The average molecular weight is 455 g/mol. The van der Waals surface area contributed by atoms with Crippen LogP contribution in [0, 0.1) is 0 Å². The second kappa shape index (κ2) is 7.77. The number of allylic oxidation sites excluding steroid dienone is 1. The van der Waals surface area contributed by atoms with Gasteiger partial charge in [0.15, 0.2) is 11.5 Å². The maximum atomic E-state index is 12.6. The third-order valence-corrected chi connectivity index (χ3v) is 6.00. The lowest BCUT2D eigenvalue weighted by molar-refractivity contribution is 0.104. The Morgan fingerprint density at radius 2 is 2.07 bits per heavy atom. The van der Waals surface area contributed by atoms with Crippen LogP contribution in [-0.4, -0.2) is 20.9 Å². The molecule has 1 aliphatic heterocycles. The number of ketones is 1. The van der Waals surface area contributed by atoms with Gasteiger partial charge in [0.05, 0.1) is 10.5 Å². The van der Waals surface area contributed by atoms with Crippen molar-refractivity contribution in [1.29, 1.82) is 0 Å². The molecular weight excluding hydrogens is 440 g/mol. The van der Waals surface area contributed by atoms with Crippen LogP contribution in [-0.2, 0) is 0 Å². The molecule has 0 amide bonds. The summed E-state index contributed by atoms with van der Waals surface area (Å²) in [6.45, 7) is 1.88. The van der Waals surface area contributed by atoms with E-state index in [0.29, 0.717) is 25.7 Å². The van der Waals surface area contributed by atoms with Crippen LogP contribution in [0.3, 0.4) is 0 Å². The first-order valence-electron chi connectivity index (χ1n) is 8.51. The first-order chi connectivity index (χ1) is 13.5. The fourth-order valence-electron chi connectivity index (χ4n) is 2.80. The number of thioether (sulfide) groups is 1. The Hall–Kier alpha value is -2.64. The fourth-order valence-corrected chi connectivity index (χ4v) is 4.23. The highest BCUT2D eigenvalue weighted by atomic mass is 79.9. The van der Waals surface area contributed by atoms with Crippen LogP contribution in [0.1, 0.15) is 34.5 Å². The van der Waals surface area contributed by atoms with Gasteiger partial charge in [0.2, 0.25) is 5.78 Å². The highest BCUT2D eigenvalue weighted by Crippen LogP contribution is 2.41. The minimum absolute atomic E-state index is 0.0140. The lowest BCUT2D eigenvalue weighted by Crippen LogP contribution is -2.04. The molecular formula is C21H15BrN2O3S. The quantitative estimate of drug-likeness (QED) is 0.530. The van der Waals surface area contributed by atoms with Gasteiger partial charge in [-0.2, -0.15) is 0 Å². The van der Waals surface area contributed by atoms with Gasteiger partial charge in [0.25, 0.3) is 0 Å². The summed E-state index contributed by atoms with van der Waals surface area (Å²) in [5.41, 5.74) is 2.23. The van der Waals surface area contributed by atoms with Gasteiger partial charge in [-0.1, -0.05) is 33.8 Å². The average Bonchev–Trinajstić information content (AvgIpc) is 3.02. The maximum absolute atomic E-state index is 12.6. The maximum Gasteiger partial charge on any atom is 0.202 e. The summed E-state index contributed by atoms with van der Waals surface area (Å²) in [5, 5.41) is 11.0. The van der Waals surface area contributed by atoms with Crippen LogP contribution in [0.5, 0.6) is 11.5 Å². The largest absolute Gasteiger partial charge is 0.504 e. The van der Waals surface area contributed by atoms with Crippen molar-refractivity contribution in [2.75, 3.05) is 0 Å². The van der Waals surface area contributed by atoms with E-state index in [1.165, 1.54) is 11.8 Å². The van der Waals surface area contributed by atoms with E-state index >= 15 is 0 Å². The van der Waals surface area contributed by atoms with Crippen molar-refractivity contribution < 1.29 is 14.6 Å². The van der Waals surface area contributed by atoms with Crippen molar-refractivity contribution >= 4 is 39.6 Å². The van der Waals surface area contributed by atoms with Crippen LogP contribution < -0.4 is 4.74 Å². The van der Waals surface area contributed by atoms with Gasteiger partial charge < -0.3 is 9.84 Å². The molecule has 1 aromatic carbocycles. The molecule has 0 spiro atoms. The zero-order chi connectivity index (χ0) is 19.7. The standard InChI is InChI=1S/C21H15BrN2O3S/c1-12(13-4-2-6-23-11-13)27-18-8-14(16(22)10-17(18)25)9-19-20(26)15-5-3-7-24-21(15)28-19/h2-12,25H,1H3/b19-9-. The second-order valence-corrected chi connectivity index (χ2v) is 8.07. The number of hydrogen-bond acceptors (Lipinski definition) is 6. The van der Waals surface area contributed by atoms with Crippen LogP contribution in [0.4, 0.5) is 0 Å². The van der Waals surface area contributed by atoms with Gasteiger partial charge in [-0.3, -0.25) is 9.78 Å². The predicted molar refractivity (Wildman–Crippen MR) is 111 cm³/mol. The lowest BCUT2D eigenvalue weighted by Gasteiger charge is -2.16. The van der Waals surface area contributed by atoms with Crippen LogP contribution in [0.2, 0.25) is 0 Å². The molecule has 0 fully saturated rings. The Kier molecular flexibility index (Phi) is 5.19. The number of Topliss-reactive ketones (excluding diaryl/α,β-unsaturated/α-hetero) is 1. The molecule has 140 valence electrons. The summed E-state index contributed by atoms with van der Waals surface area (Å²) in [4.78, 5) is 21.5. The van der Waals surface area contributed by atoms with Crippen molar-refractivity contribution in [3.05, 3.63) is 81.1 Å². The Bertz CT molecular complexity index is 1090. The van der Waals surface area contributed by atoms with E-state index in [-0.39, 0.29) is 17.6 Å². The van der Waals surface area contributed by atoms with E-state index in [1.807, 2.05) is 19.1 Å². The minimum Gasteiger partial charge on any atom is -0.504 e. The van der Waals surface area contributed by atoms with Crippen LogP contribution >= 0.6 is 27.7 Å². The van der Waals surface area contributed by atoms with Crippen molar-refractivity contribution in [1.82, 2.24) is 9.97 Å². The highest BCUT2D eigenvalue weighted by Gasteiger charge is 2.27. The van der Waals surface area contributed by atoms with Gasteiger partial charge >= 0.3 is 0 Å². The number of aromatic hydroxyl groups is 1. The zero-order valence-corrected chi connectivity index (χ0v) is 17.2. The zero-order valence-electron chi connectivity index (χ0n) is 14.8. The van der Waals surface area contributed by atoms with Gasteiger partial charge in [-0.25, -0.2) is 4.98 Å². The van der Waals surface area contributed by atoms with Gasteiger partial charge in [0, 0.05) is 28.6 Å². The second-order valence-electron chi connectivity index (χ2n) is 6.18. The summed E-state index contributed by atoms with van der Waals surface area (Å²) in [7, 11) is 0. The Balaban J connectivity index is 1.64.